The first-order valence-electron chi connectivity index (χ1n) is 5.15. The van der Waals surface area contributed by atoms with Crippen LogP contribution in [0.2, 0.25) is 5.02 Å². The van der Waals surface area contributed by atoms with Crippen molar-refractivity contribution in [2.24, 2.45) is 0 Å². The van der Waals surface area contributed by atoms with Crippen molar-refractivity contribution < 1.29 is 13.5 Å². The van der Waals surface area contributed by atoms with E-state index in [1.54, 1.807) is 26.0 Å². The Morgan fingerprint density at radius 2 is 2.06 bits per heavy atom. The molecule has 0 saturated heterocycles. The number of hydrogen-bond donors (Lipinski definition) is 1. The van der Waals surface area contributed by atoms with Crippen LogP contribution < -0.4 is 0 Å². The number of nitrogens with zero attached hydrogens (tertiary/aromatic N) is 1. The molecule has 1 aromatic rings. The van der Waals surface area contributed by atoms with E-state index in [0.717, 1.165) is 4.31 Å². The van der Waals surface area contributed by atoms with Gasteiger partial charge in [0.25, 0.3) is 0 Å². The number of rotatable bonds is 4. The number of sulfonamides is 1. The van der Waals surface area contributed by atoms with Gasteiger partial charge in [0.2, 0.25) is 10.0 Å². The van der Waals surface area contributed by atoms with Crippen LogP contribution in [0.15, 0.2) is 23.1 Å². The van der Waals surface area contributed by atoms with Gasteiger partial charge in [0, 0.05) is 18.1 Å². The molecule has 0 heterocycles. The standard InChI is InChI=1S/C11H16ClNO3S/c1-8-6-10(12)4-5-11(8)17(15,16)13(3)9(2)7-14/h4-6,9,14H,7H2,1-3H3. The Morgan fingerprint density at radius 3 is 2.53 bits per heavy atom. The largest absolute Gasteiger partial charge is 0.395 e. The summed E-state index contributed by atoms with van der Waals surface area (Å²) in [4.78, 5) is 0.213. The van der Waals surface area contributed by atoms with Gasteiger partial charge >= 0.3 is 0 Å². The van der Waals surface area contributed by atoms with E-state index in [0.29, 0.717) is 10.6 Å². The molecule has 1 rings (SSSR count). The van der Waals surface area contributed by atoms with Crippen LogP contribution >= 0.6 is 11.6 Å². The average molecular weight is 278 g/mol. The highest BCUT2D eigenvalue weighted by Crippen LogP contribution is 2.23. The van der Waals surface area contributed by atoms with E-state index in [1.807, 2.05) is 0 Å². The molecule has 0 aliphatic heterocycles. The van der Waals surface area contributed by atoms with E-state index in [-0.39, 0.29) is 11.5 Å². The molecule has 0 spiro atoms. The predicted octanol–water partition coefficient (Wildman–Crippen LogP) is 1.65. The van der Waals surface area contributed by atoms with E-state index in [1.165, 1.54) is 13.1 Å². The van der Waals surface area contributed by atoms with Gasteiger partial charge < -0.3 is 5.11 Å². The lowest BCUT2D eigenvalue weighted by Crippen LogP contribution is -2.37. The summed E-state index contributed by atoms with van der Waals surface area (Å²) < 4.78 is 25.6. The summed E-state index contributed by atoms with van der Waals surface area (Å²) in [7, 11) is -2.13. The van der Waals surface area contributed by atoms with Crippen LogP contribution in [0.5, 0.6) is 0 Å². The fourth-order valence-corrected chi connectivity index (χ4v) is 3.19. The number of benzene rings is 1. The molecule has 1 atom stereocenters. The van der Waals surface area contributed by atoms with E-state index in [4.69, 9.17) is 16.7 Å². The van der Waals surface area contributed by atoms with Gasteiger partial charge in [-0.15, -0.1) is 0 Å². The predicted molar refractivity (Wildman–Crippen MR) is 67.7 cm³/mol. The molecular formula is C11H16ClNO3S. The van der Waals surface area contributed by atoms with Crippen LogP contribution in [0.1, 0.15) is 12.5 Å². The molecule has 0 aliphatic carbocycles. The van der Waals surface area contributed by atoms with Gasteiger partial charge in [-0.1, -0.05) is 11.6 Å². The van der Waals surface area contributed by atoms with Crippen molar-refractivity contribution in [3.05, 3.63) is 28.8 Å². The minimum Gasteiger partial charge on any atom is -0.395 e. The number of aliphatic hydroxyl groups excluding tert-OH is 1. The van der Waals surface area contributed by atoms with Crippen LogP contribution in [0.3, 0.4) is 0 Å². The van der Waals surface area contributed by atoms with Crippen LogP contribution in [0.4, 0.5) is 0 Å². The van der Waals surface area contributed by atoms with Crippen LogP contribution in [-0.4, -0.2) is 37.5 Å². The van der Waals surface area contributed by atoms with Crippen molar-refractivity contribution >= 4 is 21.6 Å². The second kappa shape index (κ2) is 5.35. The summed E-state index contributed by atoms with van der Waals surface area (Å²) in [6.07, 6.45) is 0. The van der Waals surface area contributed by atoms with Crippen LogP contribution in [0.25, 0.3) is 0 Å². The maximum Gasteiger partial charge on any atom is 0.243 e. The van der Waals surface area contributed by atoms with Crippen molar-refractivity contribution in [3.63, 3.8) is 0 Å². The van der Waals surface area contributed by atoms with E-state index >= 15 is 0 Å². The SMILES string of the molecule is Cc1cc(Cl)ccc1S(=O)(=O)N(C)C(C)CO. The zero-order valence-electron chi connectivity index (χ0n) is 10.0. The molecule has 4 nitrogen and oxygen atoms in total. The van der Waals surface area contributed by atoms with Gasteiger partial charge in [-0.3, -0.25) is 0 Å². The van der Waals surface area contributed by atoms with Gasteiger partial charge in [-0.25, -0.2) is 8.42 Å². The summed E-state index contributed by atoms with van der Waals surface area (Å²) in [5, 5.41) is 9.50. The molecule has 0 aliphatic rings. The number of hydrogen-bond acceptors (Lipinski definition) is 3. The minimum atomic E-state index is -3.58. The third-order valence-electron chi connectivity index (χ3n) is 2.68. The number of likely N-dealkylation sites (N-methyl/N-ethyl adjacent to an activating group) is 1. The van der Waals surface area contributed by atoms with Gasteiger partial charge in [0.1, 0.15) is 0 Å². The zero-order chi connectivity index (χ0) is 13.2. The van der Waals surface area contributed by atoms with Crippen molar-refractivity contribution in [1.29, 1.82) is 0 Å². The van der Waals surface area contributed by atoms with E-state index in [9.17, 15) is 8.42 Å². The highest BCUT2D eigenvalue weighted by Gasteiger charge is 2.26. The molecule has 0 bridgehead atoms. The monoisotopic (exact) mass is 277 g/mol. The molecule has 0 saturated carbocycles. The molecule has 0 amide bonds. The first-order valence-corrected chi connectivity index (χ1v) is 6.97. The van der Waals surface area contributed by atoms with Gasteiger partial charge in [0.15, 0.2) is 0 Å². The Kier molecular flexibility index (Phi) is 4.55. The molecule has 96 valence electrons. The molecular weight excluding hydrogens is 262 g/mol. The summed E-state index contributed by atoms with van der Waals surface area (Å²) in [5.41, 5.74) is 0.592. The fraction of sp³-hybridized carbons (Fsp3) is 0.455. The first-order chi connectivity index (χ1) is 7.80. The fourth-order valence-electron chi connectivity index (χ4n) is 1.41. The smallest absolute Gasteiger partial charge is 0.243 e. The lowest BCUT2D eigenvalue weighted by atomic mass is 10.2. The summed E-state index contributed by atoms with van der Waals surface area (Å²) in [5.74, 6) is 0. The topological polar surface area (TPSA) is 57.6 Å². The van der Waals surface area contributed by atoms with Gasteiger partial charge in [0.05, 0.1) is 11.5 Å². The van der Waals surface area contributed by atoms with Crippen molar-refractivity contribution in [2.75, 3.05) is 13.7 Å². The molecule has 0 aromatic heterocycles. The lowest BCUT2D eigenvalue weighted by Gasteiger charge is -2.23. The Labute approximate surface area is 107 Å². The highest BCUT2D eigenvalue weighted by atomic mass is 35.5. The number of halogens is 1. The lowest BCUT2D eigenvalue weighted by molar-refractivity contribution is 0.214. The Bertz CT molecular complexity index is 501. The summed E-state index contributed by atoms with van der Waals surface area (Å²) in [6, 6.07) is 4.16. The van der Waals surface area contributed by atoms with Gasteiger partial charge in [-0.2, -0.15) is 4.31 Å². The normalized spacial score (nSPS) is 14.0. The highest BCUT2D eigenvalue weighted by molar-refractivity contribution is 7.89. The molecule has 17 heavy (non-hydrogen) atoms. The van der Waals surface area contributed by atoms with Crippen LogP contribution in [0, 0.1) is 6.92 Å². The van der Waals surface area contributed by atoms with Gasteiger partial charge in [-0.05, 0) is 37.6 Å². The average Bonchev–Trinajstić information content (AvgIpc) is 2.26. The molecule has 0 fully saturated rings. The van der Waals surface area contributed by atoms with Crippen molar-refractivity contribution in [2.45, 2.75) is 24.8 Å². The third kappa shape index (κ3) is 2.98. The number of aliphatic hydroxyl groups is 1. The second-order valence-electron chi connectivity index (χ2n) is 3.96. The number of aryl methyl sites for hydroxylation is 1. The molecule has 1 aromatic carbocycles. The van der Waals surface area contributed by atoms with E-state index in [2.05, 4.69) is 0 Å². The summed E-state index contributed by atoms with van der Waals surface area (Å²) in [6.45, 7) is 3.11. The second-order valence-corrected chi connectivity index (χ2v) is 6.37. The molecule has 0 radical (unpaired) electrons. The minimum absolute atomic E-state index is 0.213. The Balaban J connectivity index is 3.22. The maximum atomic E-state index is 12.2. The quantitative estimate of drug-likeness (QED) is 0.910. The molecule has 1 N–H and O–H groups in total. The Morgan fingerprint density at radius 1 is 1.47 bits per heavy atom. The Hall–Kier alpha value is -0.620. The van der Waals surface area contributed by atoms with Crippen molar-refractivity contribution in [3.8, 4) is 0 Å². The first kappa shape index (κ1) is 14.4. The van der Waals surface area contributed by atoms with Crippen molar-refractivity contribution in [1.82, 2.24) is 4.31 Å². The third-order valence-corrected chi connectivity index (χ3v) is 5.05. The summed E-state index contributed by atoms with van der Waals surface area (Å²) >= 11 is 5.79. The maximum absolute atomic E-state index is 12.2. The zero-order valence-corrected chi connectivity index (χ0v) is 11.6. The van der Waals surface area contributed by atoms with E-state index < -0.39 is 16.1 Å². The molecule has 6 heteroatoms. The molecule has 1 unspecified atom stereocenters. The van der Waals surface area contributed by atoms with Crippen LogP contribution in [-0.2, 0) is 10.0 Å².